The molecule has 1 amide bonds. The van der Waals surface area contributed by atoms with Crippen LogP contribution >= 0.6 is 0 Å². The molecular formula is C23H29N5O2. The Morgan fingerprint density at radius 1 is 1.30 bits per heavy atom. The number of nitrogens with zero attached hydrogens (tertiary/aromatic N) is 3. The molecule has 0 aromatic carbocycles. The monoisotopic (exact) mass is 407 g/mol. The minimum atomic E-state index is -0.0767. The molecular weight excluding hydrogens is 378 g/mol. The number of pyridine rings is 2. The zero-order valence-electron chi connectivity index (χ0n) is 17.4. The lowest BCUT2D eigenvalue weighted by Gasteiger charge is -2.31. The van der Waals surface area contributed by atoms with Gasteiger partial charge in [-0.2, -0.15) is 0 Å². The summed E-state index contributed by atoms with van der Waals surface area (Å²) in [5.41, 5.74) is 2.61. The molecule has 0 unspecified atom stereocenters. The van der Waals surface area contributed by atoms with Crippen molar-refractivity contribution < 1.29 is 4.79 Å². The Bertz CT molecular complexity index is 952. The number of hydrogen-bond acceptors (Lipinski definition) is 5. The quantitative estimate of drug-likeness (QED) is 0.655. The Labute approximate surface area is 176 Å². The van der Waals surface area contributed by atoms with E-state index < -0.39 is 0 Å². The van der Waals surface area contributed by atoms with Crippen LogP contribution in [0.4, 0.5) is 5.69 Å². The molecule has 2 fully saturated rings. The van der Waals surface area contributed by atoms with Gasteiger partial charge < -0.3 is 20.1 Å². The molecule has 1 aliphatic carbocycles. The maximum atomic E-state index is 12.8. The van der Waals surface area contributed by atoms with Crippen LogP contribution in [0, 0.1) is 5.92 Å². The van der Waals surface area contributed by atoms with Gasteiger partial charge in [0, 0.05) is 62.5 Å². The van der Waals surface area contributed by atoms with Crippen LogP contribution in [-0.2, 0) is 4.79 Å². The number of H-pyrrole nitrogens is 1. The van der Waals surface area contributed by atoms with Gasteiger partial charge in [-0.15, -0.1) is 0 Å². The van der Waals surface area contributed by atoms with Gasteiger partial charge in [0.2, 0.25) is 5.91 Å². The number of nitrogens with one attached hydrogen (secondary N) is 2. The van der Waals surface area contributed by atoms with Crippen LogP contribution in [0.3, 0.4) is 0 Å². The number of aromatic nitrogens is 2. The molecule has 2 N–H and O–H groups in total. The molecule has 158 valence electrons. The number of anilines is 1. The Kier molecular flexibility index (Phi) is 6.28. The third-order valence-corrected chi connectivity index (χ3v) is 5.86. The highest BCUT2D eigenvalue weighted by Crippen LogP contribution is 2.33. The summed E-state index contributed by atoms with van der Waals surface area (Å²) >= 11 is 0. The van der Waals surface area contributed by atoms with E-state index in [1.165, 1.54) is 12.8 Å². The van der Waals surface area contributed by atoms with Crippen LogP contribution in [0.25, 0.3) is 11.1 Å². The predicted molar refractivity (Wildman–Crippen MR) is 118 cm³/mol. The van der Waals surface area contributed by atoms with Crippen LogP contribution in [0.5, 0.6) is 0 Å². The summed E-state index contributed by atoms with van der Waals surface area (Å²) in [6, 6.07) is 6.01. The molecule has 0 radical (unpaired) electrons. The van der Waals surface area contributed by atoms with Crippen LogP contribution in [0.2, 0.25) is 0 Å². The van der Waals surface area contributed by atoms with E-state index in [1.54, 1.807) is 24.7 Å². The predicted octanol–water partition coefficient (Wildman–Crippen LogP) is 2.03. The first-order valence-corrected chi connectivity index (χ1v) is 10.7. The topological polar surface area (TPSA) is 81.3 Å². The van der Waals surface area contributed by atoms with Crippen molar-refractivity contribution in [2.45, 2.75) is 25.3 Å². The summed E-state index contributed by atoms with van der Waals surface area (Å²) in [5.74, 6) is 0.674. The molecule has 4 rings (SSSR count). The lowest BCUT2D eigenvalue weighted by Crippen LogP contribution is -2.42. The molecule has 2 aromatic rings. The SMILES string of the molecule is CNC/C=C/C(=O)N1CC[C@@H](N(CC2CC2)c2cc(-c3ccncc3)c[nH]c2=O)C1. The standard InChI is InChI=1S/C23H29N5O2/c1-24-9-2-3-22(29)27-12-8-20(16-27)28(15-17-4-5-17)21-13-19(14-26-23(21)30)18-6-10-25-11-7-18/h2-3,6-7,10-11,13-14,17,20,24H,4-5,8-9,12,15-16H2,1H3,(H,26,30)/b3-2+/t20-/m1/s1. The van der Waals surface area contributed by atoms with Crippen molar-refractivity contribution in [3.8, 4) is 11.1 Å². The molecule has 1 saturated heterocycles. The Balaban J connectivity index is 1.56. The number of carbonyl (C=O) groups is 1. The molecule has 0 spiro atoms. The Morgan fingerprint density at radius 3 is 2.83 bits per heavy atom. The van der Waals surface area contributed by atoms with E-state index in [4.69, 9.17) is 0 Å². The van der Waals surface area contributed by atoms with Crippen LogP contribution in [0.1, 0.15) is 19.3 Å². The molecule has 1 aliphatic heterocycles. The molecule has 7 heteroatoms. The van der Waals surface area contributed by atoms with Gasteiger partial charge in [0.05, 0.1) is 0 Å². The third kappa shape index (κ3) is 4.79. The van der Waals surface area contributed by atoms with Crippen molar-refractivity contribution in [1.29, 1.82) is 0 Å². The van der Waals surface area contributed by atoms with E-state index in [0.29, 0.717) is 24.7 Å². The molecule has 2 aliphatic rings. The first-order chi connectivity index (χ1) is 14.7. The number of rotatable bonds is 8. The molecule has 2 aromatic heterocycles. The summed E-state index contributed by atoms with van der Waals surface area (Å²) in [4.78, 5) is 36.4. The number of likely N-dealkylation sites (N-methyl/N-ethyl adjacent to an activating group) is 1. The average molecular weight is 408 g/mol. The van der Waals surface area contributed by atoms with Crippen LogP contribution in [0.15, 0.2) is 53.7 Å². The summed E-state index contributed by atoms with van der Waals surface area (Å²) in [6.07, 6.45) is 12.0. The maximum absolute atomic E-state index is 12.8. The van der Waals surface area contributed by atoms with E-state index >= 15 is 0 Å². The van der Waals surface area contributed by atoms with Crippen LogP contribution < -0.4 is 15.8 Å². The van der Waals surface area contributed by atoms with Crippen molar-refractivity contribution in [3.05, 3.63) is 59.3 Å². The first-order valence-electron chi connectivity index (χ1n) is 10.7. The number of likely N-dealkylation sites (tertiary alicyclic amines) is 1. The summed E-state index contributed by atoms with van der Waals surface area (Å²) in [5, 5.41) is 3.01. The lowest BCUT2D eigenvalue weighted by atomic mass is 10.1. The molecule has 1 saturated carbocycles. The first kappa shape index (κ1) is 20.3. The fourth-order valence-corrected chi connectivity index (χ4v) is 4.00. The van der Waals surface area contributed by atoms with E-state index in [2.05, 4.69) is 20.2 Å². The number of aromatic amines is 1. The molecule has 0 bridgehead atoms. The second-order valence-corrected chi connectivity index (χ2v) is 8.12. The zero-order chi connectivity index (χ0) is 20.9. The van der Waals surface area contributed by atoms with Gasteiger partial charge in [-0.1, -0.05) is 6.08 Å². The van der Waals surface area contributed by atoms with Gasteiger partial charge in [-0.05, 0) is 56.0 Å². The molecule has 7 nitrogen and oxygen atoms in total. The van der Waals surface area contributed by atoms with Crippen molar-refractivity contribution in [2.75, 3.05) is 38.1 Å². The van der Waals surface area contributed by atoms with E-state index in [0.717, 1.165) is 30.6 Å². The number of hydrogen-bond donors (Lipinski definition) is 2. The minimum absolute atomic E-state index is 0.0403. The van der Waals surface area contributed by atoms with Gasteiger partial charge in [-0.3, -0.25) is 14.6 Å². The fraction of sp³-hybridized carbons (Fsp3) is 0.435. The summed E-state index contributed by atoms with van der Waals surface area (Å²) in [7, 11) is 1.86. The Morgan fingerprint density at radius 2 is 2.10 bits per heavy atom. The minimum Gasteiger partial charge on any atom is -0.362 e. The van der Waals surface area contributed by atoms with Crippen molar-refractivity contribution >= 4 is 11.6 Å². The third-order valence-electron chi connectivity index (χ3n) is 5.86. The largest absolute Gasteiger partial charge is 0.362 e. The maximum Gasteiger partial charge on any atom is 0.271 e. The van der Waals surface area contributed by atoms with E-state index in [1.807, 2.05) is 36.2 Å². The van der Waals surface area contributed by atoms with E-state index in [-0.39, 0.29) is 17.5 Å². The summed E-state index contributed by atoms with van der Waals surface area (Å²) < 4.78 is 0. The van der Waals surface area contributed by atoms with Crippen LogP contribution in [-0.4, -0.2) is 60.0 Å². The van der Waals surface area contributed by atoms with Gasteiger partial charge in [0.1, 0.15) is 5.69 Å². The fourth-order valence-electron chi connectivity index (χ4n) is 4.00. The highest BCUT2D eigenvalue weighted by atomic mass is 16.2. The van der Waals surface area contributed by atoms with Gasteiger partial charge in [0.15, 0.2) is 0 Å². The smallest absolute Gasteiger partial charge is 0.271 e. The van der Waals surface area contributed by atoms with Crippen molar-refractivity contribution in [3.63, 3.8) is 0 Å². The normalized spacial score (nSPS) is 18.8. The molecule has 30 heavy (non-hydrogen) atoms. The second kappa shape index (κ2) is 9.26. The number of carbonyl (C=O) groups excluding carboxylic acids is 1. The van der Waals surface area contributed by atoms with Gasteiger partial charge >= 0.3 is 0 Å². The second-order valence-electron chi connectivity index (χ2n) is 8.12. The van der Waals surface area contributed by atoms with Gasteiger partial charge in [-0.25, -0.2) is 0 Å². The zero-order valence-corrected chi connectivity index (χ0v) is 17.4. The Hall–Kier alpha value is -2.93. The molecule has 1 atom stereocenters. The van der Waals surface area contributed by atoms with Gasteiger partial charge in [0.25, 0.3) is 5.56 Å². The highest BCUT2D eigenvalue weighted by Gasteiger charge is 2.34. The lowest BCUT2D eigenvalue weighted by molar-refractivity contribution is -0.125. The summed E-state index contributed by atoms with van der Waals surface area (Å²) in [6.45, 7) is 2.91. The van der Waals surface area contributed by atoms with E-state index in [9.17, 15) is 9.59 Å². The van der Waals surface area contributed by atoms with Crippen molar-refractivity contribution in [1.82, 2.24) is 20.2 Å². The highest BCUT2D eigenvalue weighted by molar-refractivity contribution is 5.88. The average Bonchev–Trinajstić information content (AvgIpc) is 3.46. The molecule has 3 heterocycles. The van der Waals surface area contributed by atoms with Crippen molar-refractivity contribution in [2.24, 2.45) is 5.92 Å². The number of amides is 1.